The minimum atomic E-state index is -1.36. The van der Waals surface area contributed by atoms with Gasteiger partial charge in [-0.25, -0.2) is 0 Å². The average molecular weight is 503 g/mol. The molecule has 186 valence electrons. The van der Waals surface area contributed by atoms with Gasteiger partial charge in [0, 0.05) is 43.4 Å². The Kier molecular flexibility index (Phi) is 6.73. The molecule has 36 heavy (non-hydrogen) atoms. The Balaban J connectivity index is 1.69. The quantitative estimate of drug-likeness (QED) is 0.471. The molecule has 1 amide bonds. The first-order valence-electron chi connectivity index (χ1n) is 12.5. The van der Waals surface area contributed by atoms with Gasteiger partial charge in [-0.05, 0) is 49.2 Å². The Bertz CT molecular complexity index is 1270. The number of hydrogen-bond donors (Lipinski definition) is 2. The second-order valence-corrected chi connectivity index (χ2v) is 9.93. The number of amides is 1. The number of ketones is 1. The van der Waals surface area contributed by atoms with Crippen LogP contribution in [0.4, 0.5) is 17.1 Å². The van der Waals surface area contributed by atoms with Crippen molar-refractivity contribution in [1.82, 2.24) is 5.32 Å². The summed E-state index contributed by atoms with van der Waals surface area (Å²) in [6.45, 7) is 8.12. The van der Waals surface area contributed by atoms with Crippen molar-refractivity contribution in [3.8, 4) is 0 Å². The normalized spacial score (nSPS) is 19.9. The summed E-state index contributed by atoms with van der Waals surface area (Å²) < 4.78 is 0. The SMILES string of the molecule is CCNc1ccc(C2(C)C(=O)c3c(N4CCNCC4)cc(Cl)cc3N(Cc3ccccc3)C2=O)cc1. The molecule has 0 saturated carbocycles. The Labute approximate surface area is 217 Å². The first kappa shape index (κ1) is 24.3. The van der Waals surface area contributed by atoms with Crippen LogP contribution >= 0.6 is 11.6 Å². The highest BCUT2D eigenvalue weighted by atomic mass is 35.5. The van der Waals surface area contributed by atoms with E-state index >= 15 is 0 Å². The van der Waals surface area contributed by atoms with Gasteiger partial charge in [0.15, 0.2) is 5.78 Å². The van der Waals surface area contributed by atoms with E-state index in [1.54, 1.807) is 17.9 Å². The summed E-state index contributed by atoms with van der Waals surface area (Å²) >= 11 is 6.60. The maximum Gasteiger partial charge on any atom is 0.245 e. The number of carbonyl (C=O) groups is 2. The highest BCUT2D eigenvalue weighted by molar-refractivity contribution is 6.34. The number of hydrogen-bond acceptors (Lipinski definition) is 5. The zero-order valence-electron chi connectivity index (χ0n) is 20.7. The van der Waals surface area contributed by atoms with Crippen LogP contribution in [0.1, 0.15) is 35.3 Å². The summed E-state index contributed by atoms with van der Waals surface area (Å²) in [5, 5.41) is 7.16. The third-order valence-corrected chi connectivity index (χ3v) is 7.41. The van der Waals surface area contributed by atoms with Crippen LogP contribution in [0.5, 0.6) is 0 Å². The van der Waals surface area contributed by atoms with E-state index in [-0.39, 0.29) is 11.7 Å². The molecule has 0 aliphatic carbocycles. The number of nitrogens with one attached hydrogen (secondary N) is 2. The van der Waals surface area contributed by atoms with Crippen LogP contribution in [0.25, 0.3) is 0 Å². The van der Waals surface area contributed by atoms with Crippen LogP contribution in [0.15, 0.2) is 66.7 Å². The number of rotatable bonds is 6. The molecule has 1 unspecified atom stereocenters. The van der Waals surface area contributed by atoms with Crippen LogP contribution < -0.4 is 20.4 Å². The van der Waals surface area contributed by atoms with Gasteiger partial charge >= 0.3 is 0 Å². The number of benzene rings is 3. The van der Waals surface area contributed by atoms with Crippen LogP contribution in [-0.2, 0) is 16.8 Å². The molecule has 5 rings (SSSR count). The number of fused-ring (bicyclic) bond motifs is 1. The molecule has 0 aromatic heterocycles. The molecule has 1 saturated heterocycles. The molecular formula is C29H31ClN4O2. The Morgan fingerprint density at radius 3 is 2.31 bits per heavy atom. The summed E-state index contributed by atoms with van der Waals surface area (Å²) in [6, 6.07) is 21.1. The van der Waals surface area contributed by atoms with Crippen molar-refractivity contribution in [2.24, 2.45) is 0 Å². The van der Waals surface area contributed by atoms with Gasteiger partial charge < -0.3 is 20.4 Å². The molecular weight excluding hydrogens is 472 g/mol. The molecule has 0 bridgehead atoms. The molecule has 2 aliphatic rings. The smallest absolute Gasteiger partial charge is 0.245 e. The van der Waals surface area contributed by atoms with Crippen molar-refractivity contribution in [2.45, 2.75) is 25.8 Å². The largest absolute Gasteiger partial charge is 0.385 e. The fourth-order valence-corrected chi connectivity index (χ4v) is 5.42. The van der Waals surface area contributed by atoms with E-state index < -0.39 is 5.41 Å². The molecule has 1 fully saturated rings. The number of anilines is 3. The molecule has 3 aromatic rings. The van der Waals surface area contributed by atoms with Gasteiger partial charge in [-0.2, -0.15) is 0 Å². The van der Waals surface area contributed by atoms with Gasteiger partial charge in [-0.15, -0.1) is 0 Å². The Morgan fingerprint density at radius 1 is 0.972 bits per heavy atom. The number of carbonyl (C=O) groups excluding carboxylic acids is 2. The van der Waals surface area contributed by atoms with E-state index in [0.717, 1.165) is 49.7 Å². The standard InChI is InChI=1S/C29H31ClN4O2/c1-3-32-23-11-9-21(10-12-23)29(2)27(35)26-24(33-15-13-31-14-16-33)17-22(30)18-25(26)34(28(29)36)19-20-7-5-4-6-8-20/h4-12,17-18,31-32H,3,13-16,19H2,1-2H3. The topological polar surface area (TPSA) is 64.7 Å². The zero-order chi connectivity index (χ0) is 25.3. The third-order valence-electron chi connectivity index (χ3n) is 7.19. The van der Waals surface area contributed by atoms with Crippen LogP contribution in [0, 0.1) is 0 Å². The Morgan fingerprint density at radius 2 is 1.64 bits per heavy atom. The van der Waals surface area contributed by atoms with Gasteiger partial charge in [0.2, 0.25) is 5.91 Å². The number of halogens is 1. The molecule has 0 spiro atoms. The predicted molar refractivity (Wildman–Crippen MR) is 146 cm³/mol. The fourth-order valence-electron chi connectivity index (χ4n) is 5.21. The van der Waals surface area contributed by atoms with Crippen molar-refractivity contribution in [1.29, 1.82) is 0 Å². The second kappa shape index (κ2) is 9.96. The van der Waals surface area contributed by atoms with E-state index in [0.29, 0.717) is 28.4 Å². The van der Waals surface area contributed by atoms with Gasteiger partial charge in [-0.3, -0.25) is 9.59 Å². The van der Waals surface area contributed by atoms with Gasteiger partial charge in [-0.1, -0.05) is 54.1 Å². The zero-order valence-corrected chi connectivity index (χ0v) is 21.4. The van der Waals surface area contributed by atoms with E-state index in [1.807, 2.05) is 67.6 Å². The third kappa shape index (κ3) is 4.25. The van der Waals surface area contributed by atoms with Crippen LogP contribution in [-0.4, -0.2) is 44.4 Å². The van der Waals surface area contributed by atoms with Crippen LogP contribution in [0.2, 0.25) is 5.02 Å². The maximum absolute atomic E-state index is 14.4. The lowest BCUT2D eigenvalue weighted by Gasteiger charge is -2.42. The summed E-state index contributed by atoms with van der Waals surface area (Å²) in [4.78, 5) is 32.6. The lowest BCUT2D eigenvalue weighted by Crippen LogP contribution is -2.55. The monoisotopic (exact) mass is 502 g/mol. The minimum absolute atomic E-state index is 0.187. The van der Waals surface area contributed by atoms with Gasteiger partial charge in [0.05, 0.1) is 23.5 Å². The highest BCUT2D eigenvalue weighted by Crippen LogP contribution is 2.46. The van der Waals surface area contributed by atoms with Crippen LogP contribution in [0.3, 0.4) is 0 Å². The summed E-state index contributed by atoms with van der Waals surface area (Å²) in [6.07, 6.45) is 0. The summed E-state index contributed by atoms with van der Waals surface area (Å²) in [7, 11) is 0. The van der Waals surface area contributed by atoms with E-state index in [1.165, 1.54) is 0 Å². The molecule has 3 aromatic carbocycles. The molecule has 7 heteroatoms. The van der Waals surface area contributed by atoms with Crippen molar-refractivity contribution in [3.05, 3.63) is 88.4 Å². The van der Waals surface area contributed by atoms with Crippen molar-refractivity contribution < 1.29 is 9.59 Å². The van der Waals surface area contributed by atoms with Crippen molar-refractivity contribution in [3.63, 3.8) is 0 Å². The Hall–Kier alpha value is -3.35. The van der Waals surface area contributed by atoms with Crippen molar-refractivity contribution >= 4 is 40.4 Å². The van der Waals surface area contributed by atoms with Crippen molar-refractivity contribution in [2.75, 3.05) is 47.8 Å². The minimum Gasteiger partial charge on any atom is -0.385 e. The molecule has 2 aliphatic heterocycles. The lowest BCUT2D eigenvalue weighted by molar-refractivity contribution is -0.122. The average Bonchev–Trinajstić information content (AvgIpc) is 2.91. The molecule has 2 heterocycles. The summed E-state index contributed by atoms with van der Waals surface area (Å²) in [5.74, 6) is -0.429. The number of nitrogens with zero attached hydrogens (tertiary/aromatic N) is 2. The van der Waals surface area contributed by atoms with E-state index in [2.05, 4.69) is 15.5 Å². The fraction of sp³-hybridized carbons (Fsp3) is 0.310. The van der Waals surface area contributed by atoms with Gasteiger partial charge in [0.1, 0.15) is 5.41 Å². The second-order valence-electron chi connectivity index (χ2n) is 9.49. The van der Waals surface area contributed by atoms with E-state index in [9.17, 15) is 9.59 Å². The molecule has 2 N–H and O–H groups in total. The van der Waals surface area contributed by atoms with Gasteiger partial charge in [0.25, 0.3) is 0 Å². The molecule has 0 radical (unpaired) electrons. The number of piperazine rings is 1. The summed E-state index contributed by atoms with van der Waals surface area (Å²) in [5.41, 5.74) is 3.21. The first-order valence-corrected chi connectivity index (χ1v) is 12.9. The molecule has 1 atom stereocenters. The highest BCUT2D eigenvalue weighted by Gasteiger charge is 2.52. The number of Topliss-reactive ketones (excluding diaryl/α,β-unsaturated/α-hetero) is 1. The van der Waals surface area contributed by atoms with E-state index in [4.69, 9.17) is 11.6 Å². The lowest BCUT2D eigenvalue weighted by atomic mass is 9.71. The first-order chi connectivity index (χ1) is 17.4. The predicted octanol–water partition coefficient (Wildman–Crippen LogP) is 4.87. The maximum atomic E-state index is 14.4. The molecule has 6 nitrogen and oxygen atoms in total.